The second-order valence-electron chi connectivity index (χ2n) is 2.41. The first-order valence-electron chi connectivity index (χ1n) is 3.98. The van der Waals surface area contributed by atoms with Crippen LogP contribution in [0.4, 0.5) is 8.78 Å². The quantitative estimate of drug-likeness (QED) is 0.557. The van der Waals surface area contributed by atoms with Gasteiger partial charge in [-0.05, 0) is 12.5 Å². The lowest BCUT2D eigenvalue weighted by Crippen LogP contribution is -1.94. The normalized spacial score (nSPS) is 10.8. The fourth-order valence-electron chi connectivity index (χ4n) is 0.738. The zero-order chi connectivity index (χ0) is 9.68. The number of rotatable bonds is 4. The van der Waals surface area contributed by atoms with Gasteiger partial charge in [0.1, 0.15) is 5.69 Å². The molecule has 0 amide bonds. The highest BCUT2D eigenvalue weighted by atomic mass is 32.2. The Bertz CT molecular complexity index is 268. The first-order valence-corrected chi connectivity index (χ1v) is 4.96. The molecule has 2 nitrogen and oxygen atoms in total. The van der Waals surface area contributed by atoms with Crippen LogP contribution in [0.5, 0.6) is 0 Å². The Balaban J connectivity index is 2.68. The van der Waals surface area contributed by atoms with Gasteiger partial charge in [0.25, 0.3) is 6.43 Å². The van der Waals surface area contributed by atoms with E-state index < -0.39 is 6.43 Å². The maximum absolute atomic E-state index is 12.2. The summed E-state index contributed by atoms with van der Waals surface area (Å²) in [6, 6.07) is 1.24. The van der Waals surface area contributed by atoms with Crippen LogP contribution >= 0.6 is 11.8 Å². The van der Waals surface area contributed by atoms with E-state index in [0.29, 0.717) is 5.16 Å². The van der Waals surface area contributed by atoms with Crippen molar-refractivity contribution in [2.75, 3.05) is 5.75 Å². The van der Waals surface area contributed by atoms with Gasteiger partial charge in [-0.15, -0.1) is 0 Å². The number of alkyl halides is 2. The van der Waals surface area contributed by atoms with Crippen molar-refractivity contribution in [3.8, 4) is 0 Å². The molecule has 1 heterocycles. The van der Waals surface area contributed by atoms with Crippen molar-refractivity contribution in [3.05, 3.63) is 18.0 Å². The fraction of sp³-hybridized carbons (Fsp3) is 0.500. The molecule has 0 aromatic carbocycles. The van der Waals surface area contributed by atoms with Crippen LogP contribution in [0.15, 0.2) is 17.4 Å². The summed E-state index contributed by atoms with van der Waals surface area (Å²) in [6.07, 6.45) is -0.164. The molecule has 0 aliphatic carbocycles. The molecule has 0 aliphatic heterocycles. The Morgan fingerprint density at radius 2 is 2.31 bits per heavy atom. The maximum atomic E-state index is 12.2. The molecule has 0 N–H and O–H groups in total. The van der Waals surface area contributed by atoms with Crippen LogP contribution in [-0.2, 0) is 0 Å². The minimum Gasteiger partial charge on any atom is -0.231 e. The van der Waals surface area contributed by atoms with Crippen molar-refractivity contribution in [1.29, 1.82) is 0 Å². The first-order chi connectivity index (χ1) is 6.24. The van der Waals surface area contributed by atoms with Crippen LogP contribution in [-0.4, -0.2) is 15.7 Å². The number of thioether (sulfide) groups is 1. The topological polar surface area (TPSA) is 25.8 Å². The number of hydrogen-bond acceptors (Lipinski definition) is 3. The highest BCUT2D eigenvalue weighted by Gasteiger charge is 2.09. The highest BCUT2D eigenvalue weighted by molar-refractivity contribution is 7.99. The fourth-order valence-corrected chi connectivity index (χ4v) is 1.43. The molecule has 5 heteroatoms. The lowest BCUT2D eigenvalue weighted by Gasteiger charge is -2.00. The first kappa shape index (κ1) is 10.4. The van der Waals surface area contributed by atoms with Crippen LogP contribution < -0.4 is 0 Å². The number of nitrogens with zero attached hydrogens (tertiary/aromatic N) is 2. The summed E-state index contributed by atoms with van der Waals surface area (Å²) >= 11 is 1.40. The Morgan fingerprint density at radius 3 is 2.92 bits per heavy atom. The van der Waals surface area contributed by atoms with Gasteiger partial charge in [0.2, 0.25) is 0 Å². The zero-order valence-electron chi connectivity index (χ0n) is 7.20. The molecule has 0 aliphatic rings. The third kappa shape index (κ3) is 3.26. The van der Waals surface area contributed by atoms with E-state index >= 15 is 0 Å². The highest BCUT2D eigenvalue weighted by Crippen LogP contribution is 2.19. The van der Waals surface area contributed by atoms with E-state index in [9.17, 15) is 8.78 Å². The van der Waals surface area contributed by atoms with Gasteiger partial charge in [0.15, 0.2) is 5.16 Å². The lowest BCUT2D eigenvalue weighted by atomic mass is 10.4. The lowest BCUT2D eigenvalue weighted by molar-refractivity contribution is 0.145. The minimum atomic E-state index is -2.51. The maximum Gasteiger partial charge on any atom is 0.280 e. The van der Waals surface area contributed by atoms with Gasteiger partial charge >= 0.3 is 0 Å². The predicted molar refractivity (Wildman–Crippen MR) is 48.0 cm³/mol. The van der Waals surface area contributed by atoms with Crippen molar-refractivity contribution >= 4 is 11.8 Å². The molecule has 0 spiro atoms. The van der Waals surface area contributed by atoms with Gasteiger partial charge in [0, 0.05) is 11.9 Å². The van der Waals surface area contributed by atoms with Crippen LogP contribution in [0.3, 0.4) is 0 Å². The van der Waals surface area contributed by atoms with Gasteiger partial charge in [-0.25, -0.2) is 18.7 Å². The van der Waals surface area contributed by atoms with Gasteiger partial charge in [-0.2, -0.15) is 0 Å². The number of aromatic nitrogens is 2. The summed E-state index contributed by atoms with van der Waals surface area (Å²) in [6.45, 7) is 2.02. The summed E-state index contributed by atoms with van der Waals surface area (Å²) < 4.78 is 24.3. The molecule has 0 atom stereocenters. The molecule has 0 bridgehead atoms. The van der Waals surface area contributed by atoms with E-state index in [2.05, 4.69) is 9.97 Å². The molecule has 0 unspecified atom stereocenters. The van der Waals surface area contributed by atoms with Gasteiger partial charge in [-0.3, -0.25) is 0 Å². The van der Waals surface area contributed by atoms with E-state index in [1.165, 1.54) is 24.0 Å². The molecule has 72 valence electrons. The van der Waals surface area contributed by atoms with E-state index in [0.717, 1.165) is 12.2 Å². The summed E-state index contributed by atoms with van der Waals surface area (Å²) in [5, 5.41) is 0.430. The summed E-state index contributed by atoms with van der Waals surface area (Å²) in [4.78, 5) is 7.59. The van der Waals surface area contributed by atoms with Gasteiger partial charge in [-0.1, -0.05) is 18.7 Å². The Labute approximate surface area is 79.8 Å². The van der Waals surface area contributed by atoms with Crippen LogP contribution in [0, 0.1) is 0 Å². The summed E-state index contributed by atoms with van der Waals surface area (Å²) in [5.74, 6) is 0.854. The second kappa shape index (κ2) is 5.11. The van der Waals surface area contributed by atoms with E-state index in [1.807, 2.05) is 6.92 Å². The molecular weight excluding hydrogens is 194 g/mol. The van der Waals surface area contributed by atoms with Gasteiger partial charge in [0.05, 0.1) is 0 Å². The third-order valence-corrected chi connectivity index (χ3v) is 2.38. The largest absolute Gasteiger partial charge is 0.280 e. The molecule has 0 saturated carbocycles. The van der Waals surface area contributed by atoms with Crippen molar-refractivity contribution in [2.45, 2.75) is 24.9 Å². The Hall–Kier alpha value is -0.710. The van der Waals surface area contributed by atoms with Crippen LogP contribution in [0.2, 0.25) is 0 Å². The standard InChI is InChI=1S/C8H10F2N2S/c1-2-5-13-8-11-4-3-6(12-8)7(9)10/h3-4,7H,2,5H2,1H3. The van der Waals surface area contributed by atoms with E-state index in [-0.39, 0.29) is 5.69 Å². The van der Waals surface area contributed by atoms with Crippen molar-refractivity contribution in [1.82, 2.24) is 9.97 Å². The molecule has 0 saturated heterocycles. The van der Waals surface area contributed by atoms with E-state index in [1.54, 1.807) is 0 Å². The zero-order valence-corrected chi connectivity index (χ0v) is 8.02. The molecule has 1 aromatic heterocycles. The van der Waals surface area contributed by atoms with Gasteiger partial charge < -0.3 is 0 Å². The number of hydrogen-bond donors (Lipinski definition) is 0. The van der Waals surface area contributed by atoms with Crippen molar-refractivity contribution in [2.24, 2.45) is 0 Å². The molecule has 1 rings (SSSR count). The predicted octanol–water partition coefficient (Wildman–Crippen LogP) is 2.92. The smallest absolute Gasteiger partial charge is 0.231 e. The molecular formula is C8H10F2N2S. The monoisotopic (exact) mass is 204 g/mol. The Kier molecular flexibility index (Phi) is 4.08. The molecule has 1 aromatic rings. The average Bonchev–Trinajstić information content (AvgIpc) is 2.15. The molecule has 13 heavy (non-hydrogen) atoms. The minimum absolute atomic E-state index is 0.200. The third-order valence-electron chi connectivity index (χ3n) is 1.31. The Morgan fingerprint density at radius 1 is 1.54 bits per heavy atom. The van der Waals surface area contributed by atoms with Crippen molar-refractivity contribution in [3.63, 3.8) is 0 Å². The summed E-state index contributed by atoms with van der Waals surface area (Å²) in [7, 11) is 0. The summed E-state index contributed by atoms with van der Waals surface area (Å²) in [5.41, 5.74) is -0.200. The molecule has 0 radical (unpaired) electrons. The molecule has 0 fully saturated rings. The van der Waals surface area contributed by atoms with Crippen molar-refractivity contribution < 1.29 is 8.78 Å². The average molecular weight is 204 g/mol. The SMILES string of the molecule is CCCSc1nccc(C(F)F)n1. The van der Waals surface area contributed by atoms with Crippen LogP contribution in [0.1, 0.15) is 25.5 Å². The number of halogens is 2. The van der Waals surface area contributed by atoms with Crippen LogP contribution in [0.25, 0.3) is 0 Å². The second-order valence-corrected chi connectivity index (χ2v) is 3.48. The van der Waals surface area contributed by atoms with E-state index in [4.69, 9.17) is 0 Å².